The molecule has 208 valence electrons. The number of rotatable bonds is 11. The van der Waals surface area contributed by atoms with Crippen LogP contribution in [0.15, 0.2) is 65.7 Å². The zero-order chi connectivity index (χ0) is 27.7. The number of hydrogen-bond donors (Lipinski definition) is 0. The molecule has 0 radical (unpaired) electrons. The van der Waals surface area contributed by atoms with Crippen molar-refractivity contribution >= 4 is 11.7 Å². The summed E-state index contributed by atoms with van der Waals surface area (Å²) in [7, 11) is 0. The molecule has 0 heterocycles. The normalized spacial score (nSPS) is 21.5. The molecule has 5 atom stereocenters. The number of esters is 1. The molecule has 2 aromatic carbocycles. The number of ether oxygens (including phenoxy) is 2. The quantitative estimate of drug-likeness (QED) is 0.223. The zero-order valence-electron chi connectivity index (χ0n) is 24.7. The first-order valence-electron chi connectivity index (χ1n) is 14.6. The Balaban J connectivity index is 1.94. The van der Waals surface area contributed by atoms with Gasteiger partial charge in [-0.1, -0.05) is 109 Å². The fourth-order valence-corrected chi connectivity index (χ4v) is 5.90. The van der Waals surface area contributed by atoms with E-state index in [1.165, 1.54) is 12.8 Å². The summed E-state index contributed by atoms with van der Waals surface area (Å²) in [4.78, 5) is 18.7. The summed E-state index contributed by atoms with van der Waals surface area (Å²) in [5.41, 5.74) is 2.64. The van der Waals surface area contributed by atoms with Crippen molar-refractivity contribution in [3.63, 3.8) is 0 Å². The molecule has 2 aromatic rings. The van der Waals surface area contributed by atoms with Gasteiger partial charge in [0.15, 0.2) is 6.04 Å². The largest absolute Gasteiger partial charge is 0.464 e. The van der Waals surface area contributed by atoms with E-state index < -0.39 is 6.04 Å². The molecule has 1 aliphatic carbocycles. The molecule has 0 aliphatic heterocycles. The van der Waals surface area contributed by atoms with Crippen LogP contribution in [0.5, 0.6) is 0 Å². The highest BCUT2D eigenvalue weighted by molar-refractivity contribution is 6.13. The van der Waals surface area contributed by atoms with E-state index >= 15 is 0 Å². The van der Waals surface area contributed by atoms with E-state index in [9.17, 15) is 4.79 Å². The Morgan fingerprint density at radius 3 is 2.05 bits per heavy atom. The fraction of sp³-hybridized carbons (Fsp3) is 0.588. The fourth-order valence-electron chi connectivity index (χ4n) is 5.90. The molecule has 1 saturated carbocycles. The zero-order valence-corrected chi connectivity index (χ0v) is 24.7. The maximum absolute atomic E-state index is 13.5. The Kier molecular flexibility index (Phi) is 11.1. The molecule has 1 fully saturated rings. The SMILES string of the molecule is CCOC(=O)[C@H](N=C(c1ccccc1)c1ccccc1)[C@@H](CCO[C@@H]1C[C@H](C)CC[C@H]1C(C)C)C(C)(C)C. The Bertz CT molecular complexity index is 968. The second kappa shape index (κ2) is 14.1. The molecule has 0 aromatic heterocycles. The van der Waals surface area contributed by atoms with Crippen LogP contribution in [0.4, 0.5) is 0 Å². The highest BCUT2D eigenvalue weighted by Crippen LogP contribution is 2.38. The van der Waals surface area contributed by atoms with Crippen molar-refractivity contribution in [3.8, 4) is 0 Å². The van der Waals surface area contributed by atoms with Gasteiger partial charge >= 0.3 is 5.97 Å². The molecular weight excluding hydrogens is 470 g/mol. The molecule has 38 heavy (non-hydrogen) atoms. The molecule has 0 spiro atoms. The van der Waals surface area contributed by atoms with Gasteiger partial charge in [0.1, 0.15) is 0 Å². The Morgan fingerprint density at radius 2 is 1.55 bits per heavy atom. The minimum atomic E-state index is -0.625. The van der Waals surface area contributed by atoms with Crippen molar-refractivity contribution in [1.29, 1.82) is 0 Å². The van der Waals surface area contributed by atoms with Crippen LogP contribution in [0.2, 0.25) is 0 Å². The third-order valence-corrected chi connectivity index (χ3v) is 8.11. The lowest BCUT2D eigenvalue weighted by atomic mass is 9.74. The van der Waals surface area contributed by atoms with E-state index in [0.29, 0.717) is 31.0 Å². The number of benzene rings is 2. The van der Waals surface area contributed by atoms with Crippen molar-refractivity contribution in [2.75, 3.05) is 13.2 Å². The Labute approximate surface area is 231 Å². The van der Waals surface area contributed by atoms with Crippen molar-refractivity contribution in [2.24, 2.45) is 34.1 Å². The van der Waals surface area contributed by atoms with Gasteiger partial charge < -0.3 is 9.47 Å². The molecular formula is C34H49NO3. The van der Waals surface area contributed by atoms with Crippen LogP contribution in [0, 0.1) is 29.1 Å². The number of carbonyl (C=O) groups is 1. The average Bonchev–Trinajstić information content (AvgIpc) is 2.88. The van der Waals surface area contributed by atoms with Crippen LogP contribution in [-0.2, 0) is 14.3 Å². The molecule has 0 N–H and O–H groups in total. The highest BCUT2D eigenvalue weighted by atomic mass is 16.5. The third kappa shape index (κ3) is 8.27. The average molecular weight is 520 g/mol. The van der Waals surface area contributed by atoms with Gasteiger partial charge in [-0.15, -0.1) is 0 Å². The topological polar surface area (TPSA) is 47.9 Å². The van der Waals surface area contributed by atoms with E-state index in [0.717, 1.165) is 29.7 Å². The number of aliphatic imine (C=N–C) groups is 1. The monoisotopic (exact) mass is 519 g/mol. The predicted molar refractivity (Wildman–Crippen MR) is 158 cm³/mol. The molecule has 0 bridgehead atoms. The van der Waals surface area contributed by atoms with Crippen molar-refractivity contribution < 1.29 is 14.3 Å². The minimum Gasteiger partial charge on any atom is -0.464 e. The lowest BCUT2D eigenvalue weighted by molar-refractivity contribution is -0.147. The van der Waals surface area contributed by atoms with Gasteiger partial charge in [0.2, 0.25) is 0 Å². The summed E-state index contributed by atoms with van der Waals surface area (Å²) >= 11 is 0. The van der Waals surface area contributed by atoms with Crippen LogP contribution >= 0.6 is 0 Å². The van der Waals surface area contributed by atoms with Crippen molar-refractivity contribution in [2.45, 2.75) is 86.3 Å². The van der Waals surface area contributed by atoms with Gasteiger partial charge in [0.25, 0.3) is 0 Å². The summed E-state index contributed by atoms with van der Waals surface area (Å²) < 4.78 is 12.2. The van der Waals surface area contributed by atoms with Crippen molar-refractivity contribution in [1.82, 2.24) is 0 Å². The maximum Gasteiger partial charge on any atom is 0.331 e. The summed E-state index contributed by atoms with van der Waals surface area (Å²) in [6, 6.07) is 19.6. The number of carbonyl (C=O) groups excluding carboxylic acids is 1. The Morgan fingerprint density at radius 1 is 0.974 bits per heavy atom. The molecule has 3 rings (SSSR count). The molecule has 0 unspecified atom stereocenters. The van der Waals surface area contributed by atoms with Gasteiger partial charge in [0.05, 0.1) is 18.4 Å². The number of nitrogens with zero attached hydrogens (tertiary/aromatic N) is 1. The smallest absolute Gasteiger partial charge is 0.331 e. The Hall–Kier alpha value is -2.46. The van der Waals surface area contributed by atoms with Gasteiger partial charge in [-0.25, -0.2) is 4.79 Å². The van der Waals surface area contributed by atoms with Gasteiger partial charge in [-0.2, -0.15) is 0 Å². The molecule has 1 aliphatic rings. The van der Waals surface area contributed by atoms with E-state index in [4.69, 9.17) is 14.5 Å². The van der Waals surface area contributed by atoms with E-state index in [1.807, 2.05) is 43.3 Å². The highest BCUT2D eigenvalue weighted by Gasteiger charge is 2.39. The summed E-state index contributed by atoms with van der Waals surface area (Å²) in [5.74, 6) is 1.61. The lowest BCUT2D eigenvalue weighted by Crippen LogP contribution is -2.40. The first-order valence-corrected chi connectivity index (χ1v) is 14.6. The van der Waals surface area contributed by atoms with E-state index in [1.54, 1.807) is 0 Å². The molecule has 4 heteroatoms. The first-order chi connectivity index (χ1) is 18.1. The van der Waals surface area contributed by atoms with Gasteiger partial charge in [-0.3, -0.25) is 4.99 Å². The predicted octanol–water partition coefficient (Wildman–Crippen LogP) is 7.99. The molecule has 4 nitrogen and oxygen atoms in total. The van der Waals surface area contributed by atoms with Crippen LogP contribution in [0.1, 0.15) is 85.3 Å². The summed E-state index contributed by atoms with van der Waals surface area (Å²) in [5, 5.41) is 0. The van der Waals surface area contributed by atoms with E-state index in [-0.39, 0.29) is 23.4 Å². The van der Waals surface area contributed by atoms with E-state index in [2.05, 4.69) is 65.8 Å². The van der Waals surface area contributed by atoms with Gasteiger partial charge in [0, 0.05) is 17.7 Å². The number of hydrogen-bond acceptors (Lipinski definition) is 4. The van der Waals surface area contributed by atoms with Crippen molar-refractivity contribution in [3.05, 3.63) is 71.8 Å². The first kappa shape index (κ1) is 30.1. The third-order valence-electron chi connectivity index (χ3n) is 8.11. The second-order valence-electron chi connectivity index (χ2n) is 12.4. The maximum atomic E-state index is 13.5. The minimum absolute atomic E-state index is 0.0394. The van der Waals surface area contributed by atoms with Crippen LogP contribution in [-0.4, -0.2) is 37.0 Å². The standard InChI is InChI=1S/C34H49NO3/c1-8-37-33(36)32(35-31(26-15-11-9-12-16-26)27-17-13-10-14-18-27)29(34(5,6)7)21-22-38-30-23-25(4)19-20-28(30)24(2)3/h9-18,24-25,28-30,32H,8,19-23H2,1-7H3/t25-,28+,29-,30-,32-/m1/s1. The molecule has 0 amide bonds. The van der Waals surface area contributed by atoms with Gasteiger partial charge in [-0.05, 0) is 55.3 Å². The molecule has 0 saturated heterocycles. The van der Waals surface area contributed by atoms with Crippen LogP contribution < -0.4 is 0 Å². The van der Waals surface area contributed by atoms with Crippen LogP contribution in [0.25, 0.3) is 0 Å². The second-order valence-corrected chi connectivity index (χ2v) is 12.4. The summed E-state index contributed by atoms with van der Waals surface area (Å²) in [6.07, 6.45) is 4.68. The summed E-state index contributed by atoms with van der Waals surface area (Å²) in [6.45, 7) is 16.4. The van der Waals surface area contributed by atoms with Crippen LogP contribution in [0.3, 0.4) is 0 Å². The lowest BCUT2D eigenvalue weighted by Gasteiger charge is -2.38.